The quantitative estimate of drug-likeness (QED) is 0.205. The largest absolute Gasteiger partial charge is 0.393 e. The van der Waals surface area contributed by atoms with Crippen molar-refractivity contribution in [3.63, 3.8) is 0 Å². The summed E-state index contributed by atoms with van der Waals surface area (Å²) < 4.78 is 0. The molecule has 0 aliphatic carbocycles. The van der Waals surface area contributed by atoms with E-state index in [0.29, 0.717) is 32.1 Å². The van der Waals surface area contributed by atoms with E-state index in [1.165, 1.54) is 0 Å². The van der Waals surface area contributed by atoms with Gasteiger partial charge in [-0.25, -0.2) is 0 Å². The highest BCUT2D eigenvalue weighted by atomic mass is 16.4. The fraction of sp³-hybridized carbons (Fsp3) is 0.880. The Morgan fingerprint density at radius 3 is 1.45 bits per heavy atom. The van der Waals surface area contributed by atoms with Crippen LogP contribution in [0.1, 0.15) is 112 Å². The molecular weight excluding hydrogens is 396 g/mol. The second kappa shape index (κ2) is 14.9. The molecule has 0 radical (unpaired) electrons. The molecule has 6 heteroatoms. The van der Waals surface area contributed by atoms with E-state index in [9.17, 15) is 29.7 Å². The SMILES string of the molecule is CCCCCC(=O)C(O)(CO)C(O)(C(=O)C(CC)CCCC)C(=O)C(CC)CCCC. The van der Waals surface area contributed by atoms with Gasteiger partial charge < -0.3 is 15.3 Å². The maximum absolute atomic E-state index is 13.6. The molecule has 0 spiro atoms. The number of Topliss-reactive ketones (excluding diaryl/α,β-unsaturated/α-hetero) is 3. The molecule has 0 rings (SSSR count). The van der Waals surface area contributed by atoms with E-state index in [1.807, 2.05) is 20.8 Å². The van der Waals surface area contributed by atoms with Crippen LogP contribution in [0.4, 0.5) is 0 Å². The molecular formula is C25H46O6. The van der Waals surface area contributed by atoms with Gasteiger partial charge in [-0.3, -0.25) is 14.4 Å². The van der Waals surface area contributed by atoms with Crippen LogP contribution in [-0.4, -0.2) is 50.5 Å². The van der Waals surface area contributed by atoms with Gasteiger partial charge in [-0.2, -0.15) is 0 Å². The number of hydrogen-bond donors (Lipinski definition) is 3. The second-order valence-electron chi connectivity index (χ2n) is 8.83. The summed E-state index contributed by atoms with van der Waals surface area (Å²) in [5.74, 6) is -3.84. The van der Waals surface area contributed by atoms with Crippen LogP contribution in [0.25, 0.3) is 0 Å². The Bertz CT molecular complexity index is 530. The van der Waals surface area contributed by atoms with Crippen LogP contribution in [0.15, 0.2) is 0 Å². The zero-order chi connectivity index (χ0) is 24.1. The van der Waals surface area contributed by atoms with Gasteiger partial charge in [0.15, 0.2) is 23.0 Å². The molecule has 0 heterocycles. The van der Waals surface area contributed by atoms with Crippen molar-refractivity contribution in [3.8, 4) is 0 Å². The van der Waals surface area contributed by atoms with Crippen LogP contribution >= 0.6 is 0 Å². The van der Waals surface area contributed by atoms with E-state index in [2.05, 4.69) is 0 Å². The summed E-state index contributed by atoms with van der Waals surface area (Å²) in [6, 6.07) is 0. The third-order valence-electron chi connectivity index (χ3n) is 6.55. The maximum atomic E-state index is 13.6. The molecule has 3 unspecified atom stereocenters. The van der Waals surface area contributed by atoms with Crippen LogP contribution in [-0.2, 0) is 14.4 Å². The minimum atomic E-state index is -2.94. The highest BCUT2D eigenvalue weighted by Crippen LogP contribution is 2.36. The molecule has 0 fully saturated rings. The van der Waals surface area contributed by atoms with E-state index in [-0.39, 0.29) is 6.42 Å². The Labute approximate surface area is 188 Å². The number of aliphatic hydroxyl groups is 3. The smallest absolute Gasteiger partial charge is 0.220 e. The summed E-state index contributed by atoms with van der Waals surface area (Å²) in [6.45, 7) is 8.34. The van der Waals surface area contributed by atoms with Gasteiger partial charge in [-0.1, -0.05) is 73.1 Å². The van der Waals surface area contributed by atoms with E-state index in [0.717, 1.165) is 38.5 Å². The summed E-state index contributed by atoms with van der Waals surface area (Å²) in [7, 11) is 0. The molecule has 6 nitrogen and oxygen atoms in total. The highest BCUT2D eigenvalue weighted by molar-refractivity contribution is 6.17. The third kappa shape index (κ3) is 7.19. The molecule has 3 atom stereocenters. The third-order valence-corrected chi connectivity index (χ3v) is 6.55. The van der Waals surface area contributed by atoms with Gasteiger partial charge in [0.05, 0.1) is 6.61 Å². The molecule has 0 aliphatic rings. The lowest BCUT2D eigenvalue weighted by atomic mass is 9.66. The summed E-state index contributed by atoms with van der Waals surface area (Å²) >= 11 is 0. The van der Waals surface area contributed by atoms with Gasteiger partial charge in [0.2, 0.25) is 5.60 Å². The van der Waals surface area contributed by atoms with Crippen molar-refractivity contribution in [3.05, 3.63) is 0 Å². The number of hydrogen-bond acceptors (Lipinski definition) is 6. The van der Waals surface area contributed by atoms with Crippen LogP contribution < -0.4 is 0 Å². The first-order chi connectivity index (χ1) is 14.7. The lowest BCUT2D eigenvalue weighted by Crippen LogP contribution is -2.71. The highest BCUT2D eigenvalue weighted by Gasteiger charge is 2.64. The van der Waals surface area contributed by atoms with Crippen LogP contribution in [0.3, 0.4) is 0 Å². The van der Waals surface area contributed by atoms with Crippen molar-refractivity contribution in [1.82, 2.24) is 0 Å². The topological polar surface area (TPSA) is 112 Å². The van der Waals surface area contributed by atoms with Gasteiger partial charge in [0.1, 0.15) is 0 Å². The van der Waals surface area contributed by atoms with Crippen molar-refractivity contribution < 1.29 is 29.7 Å². The number of rotatable bonds is 19. The Kier molecular flexibility index (Phi) is 14.3. The van der Waals surface area contributed by atoms with Crippen molar-refractivity contribution in [2.75, 3.05) is 6.61 Å². The second-order valence-corrected chi connectivity index (χ2v) is 8.83. The molecule has 31 heavy (non-hydrogen) atoms. The van der Waals surface area contributed by atoms with Crippen molar-refractivity contribution in [1.29, 1.82) is 0 Å². The molecule has 3 N–H and O–H groups in total. The molecule has 0 aliphatic heterocycles. The molecule has 0 saturated heterocycles. The average Bonchev–Trinajstić information content (AvgIpc) is 2.78. The normalized spacial score (nSPS) is 17.4. The fourth-order valence-corrected chi connectivity index (χ4v) is 4.21. The van der Waals surface area contributed by atoms with E-state index >= 15 is 0 Å². The maximum Gasteiger partial charge on any atom is 0.220 e. The Morgan fingerprint density at radius 2 is 1.13 bits per heavy atom. The van der Waals surface area contributed by atoms with Crippen LogP contribution in [0, 0.1) is 11.8 Å². The standard InChI is InChI=1S/C25H46O6/c1-6-11-14-17-21(27)24(30,18-26)25(31,22(28)19(9-4)15-12-7-2)23(29)20(10-5)16-13-8-3/h19-20,26,30-31H,6-18H2,1-5H3. The predicted molar refractivity (Wildman–Crippen MR) is 123 cm³/mol. The summed E-state index contributed by atoms with van der Waals surface area (Å²) in [4.78, 5) is 40.2. The zero-order valence-electron chi connectivity index (χ0n) is 20.4. The number of unbranched alkanes of at least 4 members (excludes halogenated alkanes) is 4. The van der Waals surface area contributed by atoms with Crippen molar-refractivity contribution in [2.24, 2.45) is 11.8 Å². The minimum absolute atomic E-state index is 0.106. The fourth-order valence-electron chi connectivity index (χ4n) is 4.21. The monoisotopic (exact) mass is 442 g/mol. The molecule has 0 aromatic carbocycles. The molecule has 0 saturated carbocycles. The number of carbonyl (C=O) groups is 3. The van der Waals surface area contributed by atoms with Crippen molar-refractivity contribution >= 4 is 17.3 Å². The van der Waals surface area contributed by atoms with Gasteiger partial charge >= 0.3 is 0 Å². The summed E-state index contributed by atoms with van der Waals surface area (Å²) in [5.41, 5.74) is -5.76. The van der Waals surface area contributed by atoms with Gasteiger partial charge in [0.25, 0.3) is 0 Å². The lowest BCUT2D eigenvalue weighted by Gasteiger charge is -2.42. The number of aliphatic hydroxyl groups excluding tert-OH is 1. The zero-order valence-corrected chi connectivity index (χ0v) is 20.4. The first kappa shape index (κ1) is 29.9. The van der Waals surface area contributed by atoms with E-state index < -0.39 is 47.0 Å². The first-order valence-corrected chi connectivity index (χ1v) is 12.3. The average molecular weight is 443 g/mol. The number of carbonyl (C=O) groups excluding carboxylic acids is 3. The Hall–Kier alpha value is -1.11. The lowest BCUT2D eigenvalue weighted by molar-refractivity contribution is -0.198. The molecule has 0 amide bonds. The summed E-state index contributed by atoms with van der Waals surface area (Å²) in [6.07, 6.45) is 6.73. The minimum Gasteiger partial charge on any atom is -0.393 e. The molecule has 0 aromatic heterocycles. The Balaban J connectivity index is 6.40. The van der Waals surface area contributed by atoms with Gasteiger partial charge in [0, 0.05) is 18.3 Å². The Morgan fingerprint density at radius 1 is 0.710 bits per heavy atom. The number of ketones is 3. The molecule has 182 valence electrons. The molecule has 0 bridgehead atoms. The van der Waals surface area contributed by atoms with Crippen LogP contribution in [0.5, 0.6) is 0 Å². The first-order valence-electron chi connectivity index (χ1n) is 12.3. The predicted octanol–water partition coefficient (Wildman–Crippen LogP) is 4.16. The van der Waals surface area contributed by atoms with Gasteiger partial charge in [-0.15, -0.1) is 0 Å². The van der Waals surface area contributed by atoms with Crippen molar-refractivity contribution in [2.45, 2.75) is 123 Å². The van der Waals surface area contributed by atoms with E-state index in [1.54, 1.807) is 13.8 Å². The van der Waals surface area contributed by atoms with Gasteiger partial charge in [-0.05, 0) is 32.1 Å². The van der Waals surface area contributed by atoms with E-state index in [4.69, 9.17) is 0 Å². The summed E-state index contributed by atoms with van der Waals surface area (Å²) in [5, 5.41) is 33.0. The van der Waals surface area contributed by atoms with Crippen LogP contribution in [0.2, 0.25) is 0 Å². The molecule has 0 aromatic rings.